The van der Waals surface area contributed by atoms with E-state index in [1.807, 2.05) is 87.5 Å². The second-order valence-electron chi connectivity index (χ2n) is 13.4. The van der Waals surface area contributed by atoms with Crippen molar-refractivity contribution in [3.05, 3.63) is 211 Å². The highest BCUT2D eigenvalue weighted by Gasteiger charge is 2.21. The molecule has 0 atom stereocenters. The molecule has 1 aliphatic heterocycles. The van der Waals surface area contributed by atoms with Crippen molar-refractivity contribution >= 4 is 52.1 Å². The number of hydrogen-bond acceptors (Lipinski definition) is 3. The Kier molecular flexibility index (Phi) is 18.4. The molecule has 1 heterocycles. The summed E-state index contributed by atoms with van der Waals surface area (Å²) in [5.74, 6) is 1.02. The second kappa shape index (κ2) is 23.4. The minimum Gasteiger partial charge on any atom is -0.473 e. The van der Waals surface area contributed by atoms with E-state index in [4.69, 9.17) is 56.4 Å². The molecule has 0 bridgehead atoms. The van der Waals surface area contributed by atoms with Gasteiger partial charge in [0.05, 0.1) is 11.6 Å². The second-order valence-corrected chi connectivity index (χ2v) is 15.1. The number of rotatable bonds is 1. The Morgan fingerprint density at radius 2 is 1.17 bits per heavy atom. The lowest BCUT2D eigenvalue weighted by molar-refractivity contribution is 0.289. The summed E-state index contributed by atoms with van der Waals surface area (Å²) in [7, 11) is 0. The van der Waals surface area contributed by atoms with Crippen LogP contribution in [0, 0.1) is 25.2 Å². The number of aryl methyl sites for hydroxylation is 3. The van der Waals surface area contributed by atoms with Crippen LogP contribution >= 0.6 is 46.4 Å². The maximum absolute atomic E-state index is 8.53. The van der Waals surface area contributed by atoms with Gasteiger partial charge in [0.25, 0.3) is 0 Å². The first-order valence-electron chi connectivity index (χ1n) is 19.2. The summed E-state index contributed by atoms with van der Waals surface area (Å²) in [6.45, 7) is 9.54. The van der Waals surface area contributed by atoms with E-state index in [0.29, 0.717) is 17.3 Å². The first-order valence-corrected chi connectivity index (χ1v) is 20.8. The fourth-order valence-electron chi connectivity index (χ4n) is 6.37. The van der Waals surface area contributed by atoms with Crippen LogP contribution in [0.25, 0.3) is 22.3 Å². The topological polar surface area (TPSA) is 36.3 Å². The minimum atomic E-state index is 0. The third-order valence-electron chi connectivity index (χ3n) is 9.48. The monoisotopic (exact) mass is 858 g/mol. The normalized spacial score (nSPS) is 11.4. The molecule has 2 aliphatic carbocycles. The SMILES string of the molecule is C.CC.Cc1ccc(Cl)cc1C#N.Cc1ccc2c(c1)CN(c1ccccc1)CO2.Clc1ccc2c(c1)-c1ccccc1-2.Clc1cccc2c1CC2.Clc1ccccc1. The van der Waals surface area contributed by atoms with Gasteiger partial charge in [0.2, 0.25) is 0 Å². The molecule has 0 saturated carbocycles. The molecule has 0 saturated heterocycles. The smallest absolute Gasteiger partial charge is 0.161 e. The number of ether oxygens (including phenoxy) is 1. The van der Waals surface area contributed by atoms with E-state index in [0.717, 1.165) is 32.9 Å². The van der Waals surface area contributed by atoms with Crippen LogP contribution in [0.3, 0.4) is 0 Å². The zero-order valence-electron chi connectivity index (χ0n) is 33.2. The highest BCUT2D eigenvalue weighted by Crippen LogP contribution is 2.47. The molecule has 302 valence electrons. The van der Waals surface area contributed by atoms with Crippen LogP contribution in [0.15, 0.2) is 158 Å². The van der Waals surface area contributed by atoms with Crippen molar-refractivity contribution in [3.8, 4) is 34.1 Å². The molecule has 0 fully saturated rings. The number of nitrogens with zero attached hydrogens (tertiary/aromatic N) is 2. The third-order valence-corrected chi connectivity index (χ3v) is 10.6. The van der Waals surface area contributed by atoms with E-state index in [-0.39, 0.29) is 7.43 Å². The largest absolute Gasteiger partial charge is 0.473 e. The van der Waals surface area contributed by atoms with E-state index in [1.165, 1.54) is 63.0 Å². The summed E-state index contributed by atoms with van der Waals surface area (Å²) in [4.78, 5) is 2.24. The Labute approximate surface area is 371 Å². The molecule has 0 radical (unpaired) electrons. The standard InChI is InChI=1S/C15H15NO.C12H7Cl.C8H6ClN.C8H7Cl.C6H5Cl.C2H6.CH4/c1-12-7-8-15-13(9-12)10-16(11-17-15)14-5-3-2-4-6-14;13-8-5-6-11-9-3-1-2-4-10(9)12(11)7-8;1-6-2-3-8(9)4-7(6)5-10;9-8-3-1-2-6-4-5-7(6)8;7-6-4-2-1-3-5-6;1-2;/h2-9H,10-11H2,1H3;1-7H;2-4H,1H3;1-3H,4-5H2;1-5H;1-2H3;1H4. The van der Waals surface area contributed by atoms with Gasteiger partial charge in [-0.2, -0.15) is 5.26 Å². The summed E-state index contributed by atoms with van der Waals surface area (Å²) in [5, 5.41) is 11.7. The predicted molar refractivity (Wildman–Crippen MR) is 254 cm³/mol. The Balaban J connectivity index is 0.000000166. The first-order chi connectivity index (χ1) is 28.2. The maximum Gasteiger partial charge on any atom is 0.161 e. The van der Waals surface area contributed by atoms with Gasteiger partial charge in [0, 0.05) is 37.9 Å². The highest BCUT2D eigenvalue weighted by atomic mass is 35.5. The summed E-state index contributed by atoms with van der Waals surface area (Å²) in [6.07, 6.45) is 2.39. The lowest BCUT2D eigenvalue weighted by Crippen LogP contribution is -2.31. The average Bonchev–Trinajstić information content (AvgIpc) is 3.24. The number of anilines is 1. The molecular formula is C52H50Cl4N2O. The lowest BCUT2D eigenvalue weighted by Gasteiger charge is -2.30. The fourth-order valence-corrected chi connectivity index (χ4v) is 7.15. The van der Waals surface area contributed by atoms with Gasteiger partial charge in [-0.15, -0.1) is 0 Å². The van der Waals surface area contributed by atoms with Crippen molar-refractivity contribution in [1.29, 1.82) is 5.26 Å². The number of nitriles is 1. The Morgan fingerprint density at radius 3 is 1.75 bits per heavy atom. The predicted octanol–water partition coefficient (Wildman–Crippen LogP) is 16.3. The van der Waals surface area contributed by atoms with E-state index in [9.17, 15) is 0 Å². The molecular weight excluding hydrogens is 810 g/mol. The van der Waals surface area contributed by atoms with Gasteiger partial charge in [-0.25, -0.2) is 0 Å². The molecule has 0 unspecified atom stereocenters. The molecule has 10 rings (SSSR count). The first kappa shape index (κ1) is 46.5. The Morgan fingerprint density at radius 1 is 0.559 bits per heavy atom. The van der Waals surface area contributed by atoms with Crippen LogP contribution in [0.5, 0.6) is 5.75 Å². The molecule has 0 spiro atoms. The summed E-state index contributed by atoms with van der Waals surface area (Å²) >= 11 is 23.0. The highest BCUT2D eigenvalue weighted by molar-refractivity contribution is 6.32. The van der Waals surface area contributed by atoms with Crippen molar-refractivity contribution < 1.29 is 4.74 Å². The molecule has 3 nitrogen and oxygen atoms in total. The Bertz CT molecular complexity index is 2430. The van der Waals surface area contributed by atoms with Gasteiger partial charge < -0.3 is 9.64 Å². The Hall–Kier alpha value is -5.21. The maximum atomic E-state index is 8.53. The quantitative estimate of drug-likeness (QED) is 0.165. The van der Waals surface area contributed by atoms with Crippen molar-refractivity contribution in [2.75, 3.05) is 11.6 Å². The molecule has 59 heavy (non-hydrogen) atoms. The van der Waals surface area contributed by atoms with Gasteiger partial charge in [-0.1, -0.05) is 170 Å². The zero-order valence-corrected chi connectivity index (χ0v) is 36.2. The average molecular weight is 861 g/mol. The number of halogens is 4. The van der Waals surface area contributed by atoms with Gasteiger partial charge in [-0.3, -0.25) is 0 Å². The van der Waals surface area contributed by atoms with Crippen LogP contribution in [0.2, 0.25) is 20.1 Å². The van der Waals surface area contributed by atoms with Crippen molar-refractivity contribution in [1.82, 2.24) is 0 Å². The molecule has 0 aromatic heterocycles. The van der Waals surface area contributed by atoms with Crippen LogP contribution in [-0.2, 0) is 19.4 Å². The molecule has 3 aliphatic rings. The van der Waals surface area contributed by atoms with Crippen molar-refractivity contribution in [2.24, 2.45) is 0 Å². The van der Waals surface area contributed by atoms with Crippen molar-refractivity contribution in [3.63, 3.8) is 0 Å². The summed E-state index contributed by atoms with van der Waals surface area (Å²) < 4.78 is 5.77. The number of hydrogen-bond donors (Lipinski definition) is 0. The molecule has 0 amide bonds. The molecule has 7 aromatic rings. The molecule has 0 N–H and O–H groups in total. The van der Waals surface area contributed by atoms with Gasteiger partial charge in [0.1, 0.15) is 5.75 Å². The number of para-hydroxylation sites is 1. The van der Waals surface area contributed by atoms with Gasteiger partial charge in [-0.05, 0) is 126 Å². The third kappa shape index (κ3) is 12.9. The van der Waals surface area contributed by atoms with Crippen LogP contribution < -0.4 is 9.64 Å². The number of fused-ring (bicyclic) bond motifs is 6. The van der Waals surface area contributed by atoms with Gasteiger partial charge >= 0.3 is 0 Å². The van der Waals surface area contributed by atoms with Crippen molar-refractivity contribution in [2.45, 2.75) is 54.5 Å². The lowest BCUT2D eigenvalue weighted by atomic mass is 9.81. The summed E-state index contributed by atoms with van der Waals surface area (Å²) in [5.41, 5.74) is 13.4. The zero-order chi connectivity index (χ0) is 41.4. The van der Waals surface area contributed by atoms with E-state index in [1.54, 1.807) is 12.1 Å². The van der Waals surface area contributed by atoms with Crippen LogP contribution in [0.4, 0.5) is 5.69 Å². The van der Waals surface area contributed by atoms with Crippen LogP contribution in [0.1, 0.15) is 54.7 Å². The molecule has 7 heteroatoms. The van der Waals surface area contributed by atoms with E-state index < -0.39 is 0 Å². The van der Waals surface area contributed by atoms with Gasteiger partial charge in [0.15, 0.2) is 6.73 Å². The molecule has 7 aromatic carbocycles. The van der Waals surface area contributed by atoms with E-state index in [2.05, 4.69) is 96.8 Å². The van der Waals surface area contributed by atoms with Crippen LogP contribution in [-0.4, -0.2) is 6.73 Å². The minimum absolute atomic E-state index is 0. The fraction of sp³-hybridized carbons (Fsp3) is 0.173. The number of benzene rings is 7. The van der Waals surface area contributed by atoms with E-state index >= 15 is 0 Å². The summed E-state index contributed by atoms with van der Waals surface area (Å²) in [6, 6.07) is 54.1.